The van der Waals surface area contributed by atoms with E-state index < -0.39 is 22.7 Å². The topological polar surface area (TPSA) is 64.9 Å². The van der Waals surface area contributed by atoms with E-state index in [1.807, 2.05) is 0 Å². The van der Waals surface area contributed by atoms with Crippen molar-refractivity contribution in [2.45, 2.75) is 6.18 Å². The Hall–Kier alpha value is -2.46. The molecule has 2 N–H and O–H groups in total. The lowest BCUT2D eigenvalue weighted by atomic mass is 10.2. The first-order chi connectivity index (χ1) is 10.3. The maximum atomic E-state index is 12.7. The zero-order valence-corrected chi connectivity index (χ0v) is 11.9. The first-order valence-corrected chi connectivity index (χ1v) is 6.30. The molecular formula is C14H11ClF3N3O. The van der Waals surface area contributed by atoms with Gasteiger partial charge in [0.25, 0.3) is 5.91 Å². The van der Waals surface area contributed by atoms with Gasteiger partial charge < -0.3 is 10.6 Å². The van der Waals surface area contributed by atoms with Crippen LogP contribution < -0.4 is 10.6 Å². The van der Waals surface area contributed by atoms with Gasteiger partial charge in [0.05, 0.1) is 10.6 Å². The fourth-order valence-corrected chi connectivity index (χ4v) is 1.64. The molecule has 116 valence electrons. The molecule has 0 saturated heterocycles. The molecule has 22 heavy (non-hydrogen) atoms. The number of benzene rings is 1. The molecule has 0 aromatic heterocycles. The molecule has 4 nitrogen and oxygen atoms in total. The van der Waals surface area contributed by atoms with E-state index in [2.05, 4.69) is 17.2 Å². The molecule has 0 atom stereocenters. The summed E-state index contributed by atoms with van der Waals surface area (Å²) in [7, 11) is 0. The minimum atomic E-state index is -4.64. The van der Waals surface area contributed by atoms with E-state index in [0.717, 1.165) is 12.3 Å². The molecule has 0 saturated carbocycles. The Kier molecular flexibility index (Phi) is 6.01. The number of nitriles is 1. The smallest absolute Gasteiger partial charge is 0.386 e. The Bertz CT molecular complexity index is 648. The molecule has 0 fully saturated rings. The third kappa shape index (κ3) is 4.82. The van der Waals surface area contributed by atoms with Crippen LogP contribution in [0.5, 0.6) is 0 Å². The molecule has 0 spiro atoms. The van der Waals surface area contributed by atoms with Crippen LogP contribution in [-0.2, 0) is 11.0 Å². The third-order valence-electron chi connectivity index (χ3n) is 2.40. The molecule has 0 unspecified atom stereocenters. The minimum absolute atomic E-state index is 0.119. The number of nitrogens with one attached hydrogen (secondary N) is 2. The summed E-state index contributed by atoms with van der Waals surface area (Å²) >= 11 is 5.48. The van der Waals surface area contributed by atoms with Crippen molar-refractivity contribution >= 4 is 23.2 Å². The van der Waals surface area contributed by atoms with Crippen LogP contribution in [0.4, 0.5) is 18.9 Å². The van der Waals surface area contributed by atoms with E-state index in [-0.39, 0.29) is 11.3 Å². The average molecular weight is 330 g/mol. The highest BCUT2D eigenvalue weighted by Crippen LogP contribution is 2.36. The highest BCUT2D eigenvalue weighted by molar-refractivity contribution is 6.31. The summed E-state index contributed by atoms with van der Waals surface area (Å²) in [6, 6.07) is 4.57. The van der Waals surface area contributed by atoms with Crippen molar-refractivity contribution in [1.82, 2.24) is 5.32 Å². The second-order valence-electron chi connectivity index (χ2n) is 4.01. The van der Waals surface area contributed by atoms with Gasteiger partial charge in [-0.1, -0.05) is 17.7 Å². The summed E-state index contributed by atoms with van der Waals surface area (Å²) in [6.07, 6.45) is -1.98. The zero-order valence-electron chi connectivity index (χ0n) is 11.2. The lowest BCUT2D eigenvalue weighted by Gasteiger charge is -2.11. The fraction of sp³-hybridized carbons (Fsp3) is 0.143. The number of nitrogens with zero attached hydrogens (tertiary/aromatic N) is 1. The van der Waals surface area contributed by atoms with Crippen LogP contribution in [0.1, 0.15) is 5.56 Å². The summed E-state index contributed by atoms with van der Waals surface area (Å²) in [5.74, 6) is -0.838. The Morgan fingerprint density at radius 1 is 1.45 bits per heavy atom. The van der Waals surface area contributed by atoms with Gasteiger partial charge in [0, 0.05) is 18.4 Å². The van der Waals surface area contributed by atoms with Gasteiger partial charge in [-0.2, -0.15) is 18.4 Å². The van der Waals surface area contributed by atoms with Crippen LogP contribution >= 0.6 is 11.6 Å². The molecule has 1 aromatic rings. The molecule has 0 aliphatic heterocycles. The lowest BCUT2D eigenvalue weighted by Crippen LogP contribution is -2.17. The van der Waals surface area contributed by atoms with Gasteiger partial charge in [-0.3, -0.25) is 4.79 Å². The van der Waals surface area contributed by atoms with Crippen LogP contribution in [0.25, 0.3) is 0 Å². The van der Waals surface area contributed by atoms with Crippen molar-refractivity contribution in [2.24, 2.45) is 0 Å². The van der Waals surface area contributed by atoms with E-state index in [1.165, 1.54) is 12.1 Å². The molecule has 1 amide bonds. The fourth-order valence-electron chi connectivity index (χ4n) is 1.41. The van der Waals surface area contributed by atoms with Gasteiger partial charge in [-0.05, 0) is 18.2 Å². The summed E-state index contributed by atoms with van der Waals surface area (Å²) in [6.45, 7) is 3.77. The quantitative estimate of drug-likeness (QED) is 0.376. The predicted octanol–water partition coefficient (Wildman–Crippen LogP) is 3.48. The summed E-state index contributed by atoms with van der Waals surface area (Å²) < 4.78 is 38.1. The summed E-state index contributed by atoms with van der Waals surface area (Å²) in [5.41, 5.74) is -1.48. The van der Waals surface area contributed by atoms with Crippen LogP contribution in [0.2, 0.25) is 5.02 Å². The van der Waals surface area contributed by atoms with Crippen molar-refractivity contribution in [2.75, 3.05) is 11.9 Å². The third-order valence-corrected chi connectivity index (χ3v) is 2.73. The number of hydrogen-bond donors (Lipinski definition) is 2. The van der Waals surface area contributed by atoms with Crippen LogP contribution in [0.3, 0.4) is 0 Å². The normalized spacial score (nSPS) is 11.5. The Morgan fingerprint density at radius 2 is 2.14 bits per heavy atom. The number of rotatable bonds is 5. The number of carbonyl (C=O) groups is 1. The first kappa shape index (κ1) is 17.6. The molecule has 1 aromatic carbocycles. The summed E-state index contributed by atoms with van der Waals surface area (Å²) in [5, 5.41) is 13.2. The Morgan fingerprint density at radius 3 is 2.68 bits per heavy atom. The number of carbonyl (C=O) groups excluding carboxylic acids is 1. The SMILES string of the molecule is C=CCN/C=C(/C#N)C(=O)Nc1ccc(Cl)c(C(F)(F)F)c1. The van der Waals surface area contributed by atoms with Crippen molar-refractivity contribution in [1.29, 1.82) is 5.26 Å². The van der Waals surface area contributed by atoms with Gasteiger partial charge in [0.15, 0.2) is 0 Å². The van der Waals surface area contributed by atoms with Gasteiger partial charge >= 0.3 is 6.18 Å². The molecule has 0 radical (unpaired) electrons. The summed E-state index contributed by atoms with van der Waals surface area (Å²) in [4.78, 5) is 11.8. The van der Waals surface area contributed by atoms with E-state index in [0.29, 0.717) is 12.6 Å². The van der Waals surface area contributed by atoms with Gasteiger partial charge in [-0.15, -0.1) is 6.58 Å². The zero-order chi connectivity index (χ0) is 16.8. The van der Waals surface area contributed by atoms with E-state index in [9.17, 15) is 18.0 Å². The molecule has 0 bridgehead atoms. The average Bonchev–Trinajstić information content (AvgIpc) is 2.44. The predicted molar refractivity (Wildman–Crippen MR) is 77.0 cm³/mol. The maximum Gasteiger partial charge on any atom is 0.417 e. The highest BCUT2D eigenvalue weighted by Gasteiger charge is 2.33. The molecule has 0 heterocycles. The molecule has 0 aliphatic rings. The molecule has 1 rings (SSSR count). The molecule has 8 heteroatoms. The first-order valence-electron chi connectivity index (χ1n) is 5.92. The van der Waals surface area contributed by atoms with Crippen molar-refractivity contribution < 1.29 is 18.0 Å². The number of anilines is 1. The van der Waals surface area contributed by atoms with Crippen molar-refractivity contribution in [3.63, 3.8) is 0 Å². The maximum absolute atomic E-state index is 12.7. The van der Waals surface area contributed by atoms with Gasteiger partial charge in [0.2, 0.25) is 0 Å². The number of hydrogen-bond acceptors (Lipinski definition) is 3. The second kappa shape index (κ2) is 7.52. The molecule has 0 aliphatic carbocycles. The van der Waals surface area contributed by atoms with E-state index in [4.69, 9.17) is 16.9 Å². The largest absolute Gasteiger partial charge is 0.417 e. The van der Waals surface area contributed by atoms with Crippen LogP contribution in [0, 0.1) is 11.3 Å². The van der Waals surface area contributed by atoms with Crippen molar-refractivity contribution in [3.05, 3.63) is 53.2 Å². The van der Waals surface area contributed by atoms with Gasteiger partial charge in [-0.25, -0.2) is 0 Å². The van der Waals surface area contributed by atoms with E-state index in [1.54, 1.807) is 6.07 Å². The van der Waals surface area contributed by atoms with Crippen molar-refractivity contribution in [3.8, 4) is 6.07 Å². The highest BCUT2D eigenvalue weighted by atomic mass is 35.5. The number of halogens is 4. The van der Waals surface area contributed by atoms with Crippen LogP contribution in [0.15, 0.2) is 42.6 Å². The Labute approximate surface area is 129 Å². The second-order valence-corrected chi connectivity index (χ2v) is 4.42. The molecular weight excluding hydrogens is 319 g/mol. The van der Waals surface area contributed by atoms with Gasteiger partial charge in [0.1, 0.15) is 11.6 Å². The number of alkyl halides is 3. The number of amides is 1. The standard InChI is InChI=1S/C14H11ClF3N3O/c1-2-5-20-8-9(7-19)13(22)21-10-3-4-12(15)11(6-10)14(16,17)18/h2-4,6,8,20H,1,5H2,(H,21,22)/b9-8-. The van der Waals surface area contributed by atoms with E-state index >= 15 is 0 Å². The lowest BCUT2D eigenvalue weighted by molar-refractivity contribution is -0.137. The Balaban J connectivity index is 2.95. The monoisotopic (exact) mass is 329 g/mol. The minimum Gasteiger partial charge on any atom is -0.386 e. The van der Waals surface area contributed by atoms with Crippen LogP contribution in [-0.4, -0.2) is 12.5 Å².